The van der Waals surface area contributed by atoms with Crippen LogP contribution in [0.25, 0.3) is 10.8 Å². The highest BCUT2D eigenvalue weighted by Crippen LogP contribution is 2.18. The Morgan fingerprint density at radius 2 is 1.63 bits per heavy atom. The van der Waals surface area contributed by atoms with Gasteiger partial charge < -0.3 is 0 Å². The fourth-order valence-corrected chi connectivity index (χ4v) is 3.94. The maximum atomic E-state index is 12.3. The molecule has 0 atom stereocenters. The van der Waals surface area contributed by atoms with Crippen molar-refractivity contribution in [1.82, 2.24) is 15.2 Å². The molecule has 154 valence electrons. The first-order chi connectivity index (χ1) is 14.7. The number of piperazine rings is 1. The number of nitrogens with zero attached hydrogens (tertiary/aromatic N) is 3. The summed E-state index contributed by atoms with van der Waals surface area (Å²) in [6, 6.07) is 22.2. The van der Waals surface area contributed by atoms with Crippen LogP contribution in [-0.2, 0) is 11.3 Å². The zero-order valence-corrected chi connectivity index (χ0v) is 17.6. The summed E-state index contributed by atoms with van der Waals surface area (Å²) in [6.45, 7) is 4.73. The van der Waals surface area contributed by atoms with Crippen molar-refractivity contribution in [2.24, 2.45) is 5.10 Å². The van der Waals surface area contributed by atoms with E-state index < -0.39 is 0 Å². The van der Waals surface area contributed by atoms with Crippen LogP contribution in [0.5, 0.6) is 0 Å². The number of amides is 1. The molecule has 30 heavy (non-hydrogen) atoms. The molecule has 5 nitrogen and oxygen atoms in total. The van der Waals surface area contributed by atoms with Crippen molar-refractivity contribution in [3.8, 4) is 0 Å². The molecule has 3 aromatic rings. The Bertz CT molecular complexity index is 1040. The number of hydrogen-bond acceptors (Lipinski definition) is 4. The van der Waals surface area contributed by atoms with Crippen LogP contribution in [0.2, 0.25) is 5.02 Å². The summed E-state index contributed by atoms with van der Waals surface area (Å²) in [5, 5.41) is 7.24. The van der Waals surface area contributed by atoms with Gasteiger partial charge in [-0.05, 0) is 22.4 Å². The van der Waals surface area contributed by atoms with Crippen molar-refractivity contribution in [3.05, 3.63) is 82.9 Å². The molecule has 1 aliphatic rings. The number of carbonyl (C=O) groups excluding carboxylic acids is 1. The maximum absolute atomic E-state index is 12.3. The Kier molecular flexibility index (Phi) is 6.74. The third-order valence-corrected chi connectivity index (χ3v) is 5.77. The lowest BCUT2D eigenvalue weighted by molar-refractivity contribution is -0.122. The molecule has 0 radical (unpaired) electrons. The predicted octanol–water partition coefficient (Wildman–Crippen LogP) is 3.76. The van der Waals surface area contributed by atoms with E-state index in [0.29, 0.717) is 6.54 Å². The summed E-state index contributed by atoms with van der Waals surface area (Å²) in [7, 11) is 0. The first kappa shape index (κ1) is 20.5. The third kappa shape index (κ3) is 5.25. The van der Waals surface area contributed by atoms with Gasteiger partial charge in [-0.25, -0.2) is 5.43 Å². The molecule has 1 aliphatic heterocycles. The van der Waals surface area contributed by atoms with Gasteiger partial charge in [0.25, 0.3) is 5.91 Å². The molecule has 4 rings (SSSR count). The second kappa shape index (κ2) is 9.85. The molecule has 0 unspecified atom stereocenters. The Morgan fingerprint density at radius 1 is 0.933 bits per heavy atom. The summed E-state index contributed by atoms with van der Waals surface area (Å²) in [5.74, 6) is -0.0916. The van der Waals surface area contributed by atoms with Gasteiger partial charge in [-0.1, -0.05) is 72.3 Å². The molecule has 0 saturated carbocycles. The summed E-state index contributed by atoms with van der Waals surface area (Å²) >= 11 is 6.26. The van der Waals surface area contributed by atoms with E-state index in [-0.39, 0.29) is 5.91 Å². The maximum Gasteiger partial charge on any atom is 0.254 e. The molecular formula is C24H25ClN4O. The van der Waals surface area contributed by atoms with Crippen molar-refractivity contribution < 1.29 is 4.79 Å². The minimum Gasteiger partial charge on any atom is -0.296 e. The zero-order chi connectivity index (χ0) is 20.8. The van der Waals surface area contributed by atoms with Crippen LogP contribution >= 0.6 is 11.6 Å². The average molecular weight is 421 g/mol. The standard InChI is InChI=1S/C24H25ClN4O/c25-23-11-4-2-7-21(23)17-28-12-14-29(15-13-28)18-24(30)27-26-16-20-9-5-8-19-6-1-3-10-22(19)20/h1-11,16H,12-15,17-18H2,(H,27,30). The van der Waals surface area contributed by atoms with Gasteiger partial charge in [-0.3, -0.25) is 14.6 Å². The monoisotopic (exact) mass is 420 g/mol. The number of hydrazone groups is 1. The van der Waals surface area contributed by atoms with E-state index in [2.05, 4.69) is 44.6 Å². The van der Waals surface area contributed by atoms with E-state index in [4.69, 9.17) is 11.6 Å². The third-order valence-electron chi connectivity index (χ3n) is 5.40. The Labute approximate surface area is 181 Å². The molecule has 0 aliphatic carbocycles. The van der Waals surface area contributed by atoms with E-state index in [1.807, 2.05) is 42.5 Å². The fourth-order valence-electron chi connectivity index (χ4n) is 3.75. The number of carbonyl (C=O) groups is 1. The van der Waals surface area contributed by atoms with Crippen LogP contribution in [-0.4, -0.2) is 54.6 Å². The SMILES string of the molecule is O=C(CN1CCN(Cc2ccccc2Cl)CC1)NN=Cc1cccc2ccccc12. The van der Waals surface area contributed by atoms with Gasteiger partial charge in [0, 0.05) is 43.3 Å². The van der Waals surface area contributed by atoms with Gasteiger partial charge >= 0.3 is 0 Å². The fraction of sp³-hybridized carbons (Fsp3) is 0.250. The number of halogens is 1. The van der Waals surface area contributed by atoms with Gasteiger partial charge in [0.05, 0.1) is 12.8 Å². The Morgan fingerprint density at radius 3 is 2.47 bits per heavy atom. The molecule has 0 bridgehead atoms. The molecule has 1 fully saturated rings. The molecular weight excluding hydrogens is 396 g/mol. The lowest BCUT2D eigenvalue weighted by Gasteiger charge is -2.34. The van der Waals surface area contributed by atoms with Gasteiger partial charge in [0.2, 0.25) is 0 Å². The summed E-state index contributed by atoms with van der Waals surface area (Å²) in [5.41, 5.74) is 4.79. The minimum absolute atomic E-state index is 0.0916. The largest absolute Gasteiger partial charge is 0.296 e. The zero-order valence-electron chi connectivity index (χ0n) is 16.8. The minimum atomic E-state index is -0.0916. The topological polar surface area (TPSA) is 47.9 Å². The summed E-state index contributed by atoms with van der Waals surface area (Å²) < 4.78 is 0. The van der Waals surface area contributed by atoms with Crippen LogP contribution < -0.4 is 5.43 Å². The number of rotatable bonds is 6. The van der Waals surface area contributed by atoms with Gasteiger partial charge in [-0.2, -0.15) is 5.10 Å². The first-order valence-corrected chi connectivity index (χ1v) is 10.5. The highest BCUT2D eigenvalue weighted by molar-refractivity contribution is 6.31. The Hall–Kier alpha value is -2.73. The van der Waals surface area contributed by atoms with Crippen molar-refractivity contribution in [1.29, 1.82) is 0 Å². The number of hydrogen-bond donors (Lipinski definition) is 1. The van der Waals surface area contributed by atoms with Crippen molar-refractivity contribution in [2.45, 2.75) is 6.54 Å². The predicted molar refractivity (Wildman–Crippen MR) is 123 cm³/mol. The number of benzene rings is 3. The molecule has 1 amide bonds. The Balaban J connectivity index is 1.24. The van der Waals surface area contributed by atoms with Crippen LogP contribution in [0.1, 0.15) is 11.1 Å². The van der Waals surface area contributed by atoms with Crippen molar-refractivity contribution in [3.63, 3.8) is 0 Å². The van der Waals surface area contributed by atoms with E-state index in [0.717, 1.165) is 59.6 Å². The summed E-state index contributed by atoms with van der Waals surface area (Å²) in [6.07, 6.45) is 1.71. The van der Waals surface area contributed by atoms with Gasteiger partial charge in [0.1, 0.15) is 0 Å². The molecule has 1 saturated heterocycles. The van der Waals surface area contributed by atoms with Gasteiger partial charge in [-0.15, -0.1) is 0 Å². The molecule has 3 aromatic carbocycles. The van der Waals surface area contributed by atoms with Crippen LogP contribution in [0.3, 0.4) is 0 Å². The normalized spacial score (nSPS) is 15.6. The van der Waals surface area contributed by atoms with Gasteiger partial charge in [0.15, 0.2) is 0 Å². The number of nitrogens with one attached hydrogen (secondary N) is 1. The van der Waals surface area contributed by atoms with Crippen LogP contribution in [0.15, 0.2) is 71.8 Å². The molecule has 0 aromatic heterocycles. The summed E-state index contributed by atoms with van der Waals surface area (Å²) in [4.78, 5) is 16.8. The van der Waals surface area contributed by atoms with Crippen LogP contribution in [0.4, 0.5) is 0 Å². The van der Waals surface area contributed by atoms with E-state index in [9.17, 15) is 4.79 Å². The van der Waals surface area contributed by atoms with Crippen LogP contribution in [0, 0.1) is 0 Å². The van der Waals surface area contributed by atoms with E-state index in [1.54, 1.807) is 6.21 Å². The first-order valence-electron chi connectivity index (χ1n) is 10.2. The highest BCUT2D eigenvalue weighted by Gasteiger charge is 2.19. The molecule has 1 heterocycles. The van der Waals surface area contributed by atoms with Crippen molar-refractivity contribution in [2.75, 3.05) is 32.7 Å². The average Bonchev–Trinajstić information content (AvgIpc) is 2.77. The van der Waals surface area contributed by atoms with Crippen molar-refractivity contribution >= 4 is 34.5 Å². The quantitative estimate of drug-likeness (QED) is 0.488. The molecule has 1 N–H and O–H groups in total. The second-order valence-corrected chi connectivity index (χ2v) is 7.91. The lowest BCUT2D eigenvalue weighted by Crippen LogP contribution is -2.48. The number of fused-ring (bicyclic) bond motifs is 1. The van der Waals surface area contributed by atoms with E-state index >= 15 is 0 Å². The lowest BCUT2D eigenvalue weighted by atomic mass is 10.1. The van der Waals surface area contributed by atoms with E-state index in [1.165, 1.54) is 0 Å². The molecule has 6 heteroatoms. The second-order valence-electron chi connectivity index (χ2n) is 7.51. The smallest absolute Gasteiger partial charge is 0.254 e. The highest BCUT2D eigenvalue weighted by atomic mass is 35.5. The molecule has 0 spiro atoms.